The van der Waals surface area contributed by atoms with Crippen LogP contribution in [0.25, 0.3) is 10.8 Å². The van der Waals surface area contributed by atoms with Crippen LogP contribution in [0.5, 0.6) is 0 Å². The zero-order chi connectivity index (χ0) is 22.6. The second-order valence-corrected chi connectivity index (χ2v) is 6.72. The summed E-state index contributed by atoms with van der Waals surface area (Å²) < 4.78 is 0. The van der Waals surface area contributed by atoms with Gasteiger partial charge in [-0.2, -0.15) is 0 Å². The third-order valence-electron chi connectivity index (χ3n) is 4.95. The number of hydrogen-bond donors (Lipinski definition) is 0. The van der Waals surface area contributed by atoms with Gasteiger partial charge in [0.25, 0.3) is 28.9 Å². The maximum atomic E-state index is 13.2. The molecular formula is C19H10N4O8. The van der Waals surface area contributed by atoms with E-state index in [0.29, 0.717) is 10.5 Å². The molecule has 0 unspecified atom stereocenters. The summed E-state index contributed by atoms with van der Waals surface area (Å²) >= 11 is 0. The molecule has 12 heteroatoms. The lowest BCUT2D eigenvalue weighted by molar-refractivity contribution is -0.390. The lowest BCUT2D eigenvalue weighted by Crippen LogP contribution is -2.40. The number of anilines is 1. The number of non-ortho nitro benzene ring substituents is 2. The second kappa shape index (κ2) is 6.66. The number of nitro benzene ring substituents is 3. The molecule has 3 aromatic carbocycles. The number of carbonyl (C=O) groups excluding carboxylic acids is 2. The van der Waals surface area contributed by atoms with E-state index in [2.05, 4.69) is 0 Å². The number of nitrogens with zero attached hydrogens (tertiary/aromatic N) is 4. The number of hydrogen-bond acceptors (Lipinski definition) is 8. The molecule has 0 saturated heterocycles. The van der Waals surface area contributed by atoms with Gasteiger partial charge in [-0.15, -0.1) is 0 Å². The van der Waals surface area contributed by atoms with Gasteiger partial charge in [0.05, 0.1) is 14.8 Å². The van der Waals surface area contributed by atoms with Gasteiger partial charge in [0.15, 0.2) is 0 Å². The maximum Gasteiger partial charge on any atom is 0.293 e. The average Bonchev–Trinajstić information content (AvgIpc) is 2.71. The van der Waals surface area contributed by atoms with Crippen molar-refractivity contribution in [3.8, 4) is 0 Å². The molecule has 1 heterocycles. The van der Waals surface area contributed by atoms with Crippen LogP contribution < -0.4 is 4.90 Å². The molecule has 0 aromatic heterocycles. The van der Waals surface area contributed by atoms with Crippen LogP contribution >= 0.6 is 0 Å². The summed E-state index contributed by atoms with van der Waals surface area (Å²) in [5.41, 5.74) is -1.93. The van der Waals surface area contributed by atoms with Crippen LogP contribution in [0.2, 0.25) is 0 Å². The van der Waals surface area contributed by atoms with Crippen molar-refractivity contribution in [2.45, 2.75) is 6.92 Å². The Morgan fingerprint density at radius 1 is 0.677 bits per heavy atom. The van der Waals surface area contributed by atoms with Crippen molar-refractivity contribution in [2.75, 3.05) is 4.90 Å². The lowest BCUT2D eigenvalue weighted by atomic mass is 9.91. The molecule has 3 aromatic rings. The second-order valence-electron chi connectivity index (χ2n) is 6.72. The van der Waals surface area contributed by atoms with Crippen LogP contribution in [-0.4, -0.2) is 26.6 Å². The number of rotatable bonds is 4. The predicted octanol–water partition coefficient (Wildman–Crippen LogP) is 3.67. The first kappa shape index (κ1) is 19.6. The fourth-order valence-corrected chi connectivity index (χ4v) is 3.64. The molecule has 1 aliphatic heterocycles. The van der Waals surface area contributed by atoms with Gasteiger partial charge in [-0.05, 0) is 30.7 Å². The normalized spacial score (nSPS) is 12.9. The Hall–Kier alpha value is -4.74. The summed E-state index contributed by atoms with van der Waals surface area (Å²) in [6.45, 7) is 1.60. The van der Waals surface area contributed by atoms with Gasteiger partial charge in [-0.1, -0.05) is 6.07 Å². The van der Waals surface area contributed by atoms with Crippen molar-refractivity contribution in [1.29, 1.82) is 0 Å². The van der Waals surface area contributed by atoms with Gasteiger partial charge < -0.3 is 0 Å². The summed E-state index contributed by atoms with van der Waals surface area (Å²) in [5.74, 6) is -1.96. The van der Waals surface area contributed by atoms with Crippen molar-refractivity contribution in [1.82, 2.24) is 0 Å². The molecule has 31 heavy (non-hydrogen) atoms. The first-order chi connectivity index (χ1) is 14.6. The first-order valence-electron chi connectivity index (χ1n) is 8.65. The number of carbonyl (C=O) groups is 2. The van der Waals surface area contributed by atoms with Gasteiger partial charge in [-0.3, -0.25) is 39.9 Å². The van der Waals surface area contributed by atoms with E-state index >= 15 is 0 Å². The number of benzene rings is 3. The van der Waals surface area contributed by atoms with Gasteiger partial charge in [-0.25, -0.2) is 4.90 Å². The molecular weight excluding hydrogens is 412 g/mol. The molecule has 0 spiro atoms. The maximum absolute atomic E-state index is 13.2. The van der Waals surface area contributed by atoms with Crippen LogP contribution in [0.15, 0.2) is 42.5 Å². The van der Waals surface area contributed by atoms with Crippen molar-refractivity contribution in [3.63, 3.8) is 0 Å². The van der Waals surface area contributed by atoms with E-state index in [1.807, 2.05) is 0 Å². The summed E-state index contributed by atoms with van der Waals surface area (Å²) in [4.78, 5) is 58.9. The molecule has 4 rings (SSSR count). The quantitative estimate of drug-likeness (QED) is 0.348. The van der Waals surface area contributed by atoms with E-state index in [-0.39, 0.29) is 22.2 Å². The fraction of sp³-hybridized carbons (Fsp3) is 0.0526. The predicted molar refractivity (Wildman–Crippen MR) is 106 cm³/mol. The highest BCUT2D eigenvalue weighted by Crippen LogP contribution is 2.42. The molecule has 0 N–H and O–H groups in total. The van der Waals surface area contributed by atoms with Crippen LogP contribution in [-0.2, 0) is 0 Å². The van der Waals surface area contributed by atoms with E-state index < -0.39 is 49.0 Å². The van der Waals surface area contributed by atoms with Gasteiger partial charge in [0.1, 0.15) is 11.1 Å². The van der Waals surface area contributed by atoms with Crippen LogP contribution in [0.1, 0.15) is 26.3 Å². The third kappa shape index (κ3) is 2.77. The minimum Gasteiger partial charge on any atom is -0.268 e. The highest BCUT2D eigenvalue weighted by molar-refractivity contribution is 6.37. The smallest absolute Gasteiger partial charge is 0.268 e. The molecule has 12 nitrogen and oxygen atoms in total. The number of amides is 2. The average molecular weight is 422 g/mol. The SMILES string of the molecule is Cc1ccc(N2C(=O)c3ccc([N+](=O)[O-])c4c([N+](=O)[O-])ccc(c34)C2=O)c([N+](=O)[O-])c1. The number of aryl methyl sites for hydroxylation is 1. The molecule has 154 valence electrons. The largest absolute Gasteiger partial charge is 0.293 e. The van der Waals surface area contributed by atoms with E-state index in [1.54, 1.807) is 6.92 Å². The molecule has 0 atom stereocenters. The summed E-state index contributed by atoms with van der Waals surface area (Å²) in [7, 11) is 0. The van der Waals surface area contributed by atoms with Gasteiger partial charge >= 0.3 is 0 Å². The van der Waals surface area contributed by atoms with E-state index in [1.165, 1.54) is 18.2 Å². The van der Waals surface area contributed by atoms with Crippen LogP contribution in [0, 0.1) is 37.3 Å². The molecule has 0 bridgehead atoms. The zero-order valence-corrected chi connectivity index (χ0v) is 15.6. The number of nitro groups is 3. The van der Waals surface area contributed by atoms with E-state index in [4.69, 9.17) is 0 Å². The van der Waals surface area contributed by atoms with E-state index in [0.717, 1.165) is 24.3 Å². The molecule has 0 fully saturated rings. The Morgan fingerprint density at radius 2 is 1.16 bits per heavy atom. The van der Waals surface area contributed by atoms with Gasteiger partial charge in [0, 0.05) is 34.7 Å². The minimum atomic E-state index is -0.982. The first-order valence-corrected chi connectivity index (χ1v) is 8.65. The Labute approximate surface area is 171 Å². The highest BCUT2D eigenvalue weighted by Gasteiger charge is 2.40. The standard InChI is InChI=1S/C19H10N4O8/c1-9-2-5-12(15(8-9)23(30)31)20-18(24)10-3-6-13(21(26)27)17-14(22(28)29)7-4-11(16(10)17)19(20)25/h2-8H,1H3. The summed E-state index contributed by atoms with van der Waals surface area (Å²) in [6, 6.07) is 7.97. The Kier molecular flexibility index (Phi) is 4.20. The molecule has 1 aliphatic rings. The number of imide groups is 1. The summed E-state index contributed by atoms with van der Waals surface area (Å²) in [6.07, 6.45) is 0. The third-order valence-corrected chi connectivity index (χ3v) is 4.95. The van der Waals surface area contributed by atoms with E-state index in [9.17, 15) is 39.9 Å². The van der Waals surface area contributed by atoms with Crippen molar-refractivity contribution in [3.05, 3.63) is 89.5 Å². The molecule has 0 radical (unpaired) electrons. The van der Waals surface area contributed by atoms with Gasteiger partial charge in [0.2, 0.25) is 0 Å². The zero-order valence-electron chi connectivity index (χ0n) is 15.6. The topological polar surface area (TPSA) is 167 Å². The molecule has 2 amide bonds. The highest BCUT2D eigenvalue weighted by atomic mass is 16.6. The Morgan fingerprint density at radius 3 is 1.61 bits per heavy atom. The summed E-state index contributed by atoms with van der Waals surface area (Å²) in [5, 5.41) is 33.7. The van der Waals surface area contributed by atoms with Crippen molar-refractivity contribution >= 4 is 45.3 Å². The molecule has 0 aliphatic carbocycles. The van der Waals surface area contributed by atoms with Crippen LogP contribution in [0.4, 0.5) is 22.7 Å². The minimum absolute atomic E-state index is 0.214. The van der Waals surface area contributed by atoms with Crippen molar-refractivity contribution in [2.24, 2.45) is 0 Å². The van der Waals surface area contributed by atoms with Crippen LogP contribution in [0.3, 0.4) is 0 Å². The Balaban J connectivity index is 2.06. The Bertz CT molecular complexity index is 1310. The molecule has 0 saturated carbocycles. The van der Waals surface area contributed by atoms with Crippen molar-refractivity contribution < 1.29 is 24.4 Å². The lowest BCUT2D eigenvalue weighted by Gasteiger charge is -2.26. The monoisotopic (exact) mass is 422 g/mol. The fourth-order valence-electron chi connectivity index (χ4n) is 3.64.